The standard InChI is InChI=1S/C10H12F2N2O3S2/c1-2-17-14-7-8-6-13-10(18-8)19(15,16)5-3-4-9(11)12/h4,6-7H,2-3,5H2,1H3/b14-7-. The molecule has 0 fully saturated rings. The molecule has 0 aromatic carbocycles. The number of oxime groups is 1. The number of hydrogen-bond acceptors (Lipinski definition) is 6. The molecule has 106 valence electrons. The van der Waals surface area contributed by atoms with Crippen molar-refractivity contribution in [1.82, 2.24) is 4.98 Å². The first-order chi connectivity index (χ1) is 8.95. The normalized spacial score (nSPS) is 11.7. The van der Waals surface area contributed by atoms with E-state index in [-0.39, 0.29) is 10.8 Å². The molecule has 0 atom stereocenters. The summed E-state index contributed by atoms with van der Waals surface area (Å²) in [6.07, 6.45) is 1.13. The Morgan fingerprint density at radius 3 is 2.95 bits per heavy atom. The number of nitrogens with zero attached hydrogens (tertiary/aromatic N) is 2. The van der Waals surface area contributed by atoms with E-state index in [4.69, 9.17) is 4.84 Å². The summed E-state index contributed by atoms with van der Waals surface area (Å²) in [5.74, 6) is -0.403. The minimum Gasteiger partial charge on any atom is -0.396 e. The summed E-state index contributed by atoms with van der Waals surface area (Å²) in [5.41, 5.74) is 0. The van der Waals surface area contributed by atoms with Gasteiger partial charge in [-0.25, -0.2) is 13.4 Å². The minimum atomic E-state index is -3.64. The first kappa shape index (κ1) is 15.7. The fourth-order valence-corrected chi connectivity index (χ4v) is 3.42. The SMILES string of the molecule is CCO/N=C\c1cnc(S(=O)(=O)CCC=C(F)F)s1. The molecule has 0 bridgehead atoms. The molecule has 1 heterocycles. The van der Waals surface area contributed by atoms with Crippen molar-refractivity contribution in [3.63, 3.8) is 0 Å². The predicted molar refractivity (Wildman–Crippen MR) is 68.3 cm³/mol. The minimum absolute atomic E-state index is 0.113. The van der Waals surface area contributed by atoms with E-state index in [9.17, 15) is 17.2 Å². The van der Waals surface area contributed by atoms with Crippen molar-refractivity contribution in [3.05, 3.63) is 23.2 Å². The summed E-state index contributed by atoms with van der Waals surface area (Å²) < 4.78 is 47.0. The lowest BCUT2D eigenvalue weighted by Crippen LogP contribution is -2.05. The first-order valence-corrected chi connectivity index (χ1v) is 7.77. The van der Waals surface area contributed by atoms with Crippen LogP contribution in [0.1, 0.15) is 18.2 Å². The van der Waals surface area contributed by atoms with Crippen LogP contribution >= 0.6 is 11.3 Å². The summed E-state index contributed by atoms with van der Waals surface area (Å²) >= 11 is 0.913. The highest BCUT2D eigenvalue weighted by molar-refractivity contribution is 7.93. The topological polar surface area (TPSA) is 68.6 Å². The van der Waals surface area contributed by atoms with E-state index in [1.165, 1.54) is 12.4 Å². The second-order valence-electron chi connectivity index (χ2n) is 3.28. The van der Waals surface area contributed by atoms with E-state index in [1.54, 1.807) is 6.92 Å². The lowest BCUT2D eigenvalue weighted by molar-refractivity contribution is 0.160. The van der Waals surface area contributed by atoms with Crippen LogP contribution < -0.4 is 0 Å². The Morgan fingerprint density at radius 2 is 2.32 bits per heavy atom. The quantitative estimate of drug-likeness (QED) is 0.573. The van der Waals surface area contributed by atoms with Gasteiger partial charge in [-0.3, -0.25) is 0 Å². The van der Waals surface area contributed by atoms with Crippen LogP contribution in [0.2, 0.25) is 0 Å². The van der Waals surface area contributed by atoms with Gasteiger partial charge >= 0.3 is 0 Å². The molecule has 0 spiro atoms. The Labute approximate surface area is 113 Å². The number of thiazole rings is 1. The van der Waals surface area contributed by atoms with Crippen LogP contribution in [0.5, 0.6) is 0 Å². The van der Waals surface area contributed by atoms with Gasteiger partial charge in [0.2, 0.25) is 14.2 Å². The van der Waals surface area contributed by atoms with Crippen molar-refractivity contribution in [1.29, 1.82) is 0 Å². The van der Waals surface area contributed by atoms with Crippen molar-refractivity contribution in [2.45, 2.75) is 17.7 Å². The number of hydrogen-bond donors (Lipinski definition) is 0. The van der Waals surface area contributed by atoms with Gasteiger partial charge < -0.3 is 4.84 Å². The fourth-order valence-electron chi connectivity index (χ4n) is 1.05. The predicted octanol–water partition coefficient (Wildman–Crippen LogP) is 2.46. The zero-order valence-electron chi connectivity index (χ0n) is 10.0. The summed E-state index contributed by atoms with van der Waals surface area (Å²) in [6.45, 7) is 2.17. The molecule has 0 radical (unpaired) electrons. The van der Waals surface area contributed by atoms with Crippen molar-refractivity contribution < 1.29 is 22.0 Å². The fraction of sp³-hybridized carbons (Fsp3) is 0.400. The summed E-state index contributed by atoms with van der Waals surface area (Å²) in [4.78, 5) is 8.98. The van der Waals surface area contributed by atoms with Gasteiger partial charge in [0.15, 0.2) is 0 Å². The van der Waals surface area contributed by atoms with Crippen LogP contribution in [0.25, 0.3) is 0 Å². The highest BCUT2D eigenvalue weighted by atomic mass is 32.2. The van der Waals surface area contributed by atoms with Gasteiger partial charge in [0.1, 0.15) is 6.61 Å². The number of allylic oxidation sites excluding steroid dienone is 1. The summed E-state index contributed by atoms with van der Waals surface area (Å²) in [5, 5.41) is 3.58. The molecular weight excluding hydrogens is 298 g/mol. The molecule has 0 aliphatic heterocycles. The monoisotopic (exact) mass is 310 g/mol. The van der Waals surface area contributed by atoms with Crippen LogP contribution in [0.4, 0.5) is 8.78 Å². The molecule has 1 rings (SSSR count). The van der Waals surface area contributed by atoms with Gasteiger partial charge in [-0.15, -0.1) is 11.3 Å². The van der Waals surface area contributed by atoms with Gasteiger partial charge in [-0.05, 0) is 19.4 Å². The largest absolute Gasteiger partial charge is 0.396 e. The van der Waals surface area contributed by atoms with Crippen molar-refractivity contribution in [3.8, 4) is 0 Å². The zero-order valence-corrected chi connectivity index (χ0v) is 11.7. The van der Waals surface area contributed by atoms with Gasteiger partial charge in [-0.1, -0.05) is 5.16 Å². The average Bonchev–Trinajstić information content (AvgIpc) is 2.78. The van der Waals surface area contributed by atoms with E-state index < -0.39 is 21.7 Å². The molecule has 0 amide bonds. The van der Waals surface area contributed by atoms with Gasteiger partial charge in [0.25, 0.3) is 6.08 Å². The van der Waals surface area contributed by atoms with E-state index in [0.717, 1.165) is 11.3 Å². The Balaban J connectivity index is 2.71. The van der Waals surface area contributed by atoms with Crippen molar-refractivity contribution in [2.24, 2.45) is 5.16 Å². The maximum atomic E-state index is 11.8. The third-order valence-corrected chi connectivity index (χ3v) is 4.99. The molecule has 0 aliphatic rings. The lowest BCUT2D eigenvalue weighted by Gasteiger charge is -1.96. The summed E-state index contributed by atoms with van der Waals surface area (Å²) in [7, 11) is -3.64. The average molecular weight is 310 g/mol. The Kier molecular flexibility index (Phi) is 6.03. The number of sulfone groups is 1. The second-order valence-corrected chi connectivity index (χ2v) is 6.63. The third-order valence-electron chi connectivity index (χ3n) is 1.84. The van der Waals surface area contributed by atoms with E-state index in [0.29, 0.717) is 17.6 Å². The Bertz CT molecular complexity index is 563. The highest BCUT2D eigenvalue weighted by Gasteiger charge is 2.18. The maximum absolute atomic E-state index is 11.8. The number of aromatic nitrogens is 1. The molecule has 5 nitrogen and oxygen atoms in total. The smallest absolute Gasteiger partial charge is 0.266 e. The van der Waals surface area contributed by atoms with Gasteiger partial charge in [-0.2, -0.15) is 8.78 Å². The molecule has 0 saturated heterocycles. The maximum Gasteiger partial charge on any atom is 0.266 e. The second kappa shape index (κ2) is 7.29. The molecular formula is C10H12F2N2O3S2. The van der Waals surface area contributed by atoms with E-state index >= 15 is 0 Å². The van der Waals surface area contributed by atoms with Crippen molar-refractivity contribution >= 4 is 27.4 Å². The molecule has 0 saturated carbocycles. The van der Waals surface area contributed by atoms with E-state index in [2.05, 4.69) is 10.1 Å². The zero-order chi connectivity index (χ0) is 14.3. The Morgan fingerprint density at radius 1 is 1.58 bits per heavy atom. The molecule has 19 heavy (non-hydrogen) atoms. The van der Waals surface area contributed by atoms with Gasteiger partial charge in [0, 0.05) is 6.20 Å². The Hall–Kier alpha value is -1.35. The molecule has 9 heteroatoms. The third kappa shape index (κ3) is 5.43. The molecule has 1 aromatic rings. The van der Waals surface area contributed by atoms with Crippen LogP contribution in [0.15, 0.2) is 27.8 Å². The van der Waals surface area contributed by atoms with E-state index in [1.807, 2.05) is 0 Å². The number of halogens is 2. The molecule has 0 unspecified atom stereocenters. The first-order valence-electron chi connectivity index (χ1n) is 5.30. The summed E-state index contributed by atoms with van der Waals surface area (Å²) in [6, 6.07) is 0. The van der Waals surface area contributed by atoms with Gasteiger partial charge in [0.05, 0.1) is 16.8 Å². The highest BCUT2D eigenvalue weighted by Crippen LogP contribution is 2.19. The van der Waals surface area contributed by atoms with Crippen LogP contribution in [0.3, 0.4) is 0 Å². The van der Waals surface area contributed by atoms with Crippen molar-refractivity contribution in [2.75, 3.05) is 12.4 Å². The molecule has 0 N–H and O–H groups in total. The van der Waals surface area contributed by atoms with Crippen LogP contribution in [0, 0.1) is 0 Å². The lowest BCUT2D eigenvalue weighted by atomic mass is 10.5. The number of rotatable bonds is 7. The molecule has 0 aliphatic carbocycles. The molecule has 1 aromatic heterocycles. The van der Waals surface area contributed by atoms with Crippen LogP contribution in [-0.2, 0) is 14.7 Å². The van der Waals surface area contributed by atoms with Crippen LogP contribution in [-0.4, -0.2) is 32.0 Å².